The van der Waals surface area contributed by atoms with Crippen molar-refractivity contribution in [3.63, 3.8) is 0 Å². The van der Waals surface area contributed by atoms with Crippen molar-refractivity contribution in [2.24, 2.45) is 0 Å². The molecule has 0 aliphatic rings. The van der Waals surface area contributed by atoms with Crippen molar-refractivity contribution in [2.45, 2.75) is 81.9 Å². The van der Waals surface area contributed by atoms with Gasteiger partial charge in [-0.25, -0.2) is 8.42 Å². The van der Waals surface area contributed by atoms with Gasteiger partial charge in [0.25, 0.3) is 0 Å². The zero-order chi connectivity index (χ0) is 27.1. The van der Waals surface area contributed by atoms with Crippen LogP contribution >= 0.6 is 12.4 Å². The summed E-state index contributed by atoms with van der Waals surface area (Å²) in [5, 5.41) is 7.00. The molecule has 0 aliphatic heterocycles. The Morgan fingerprint density at radius 2 is 1.45 bits per heavy atom. The molecule has 0 amide bonds. The van der Waals surface area contributed by atoms with Gasteiger partial charge in [-0.2, -0.15) is 0 Å². The van der Waals surface area contributed by atoms with E-state index in [2.05, 4.69) is 18.7 Å². The lowest BCUT2D eigenvalue weighted by molar-refractivity contribution is 0.227. The maximum Gasteiger partial charge on any atom is 0.208 e. The van der Waals surface area contributed by atoms with Crippen LogP contribution in [0, 0.1) is 0 Å². The van der Waals surface area contributed by atoms with Crippen molar-refractivity contribution in [3.8, 4) is 5.75 Å². The SMILES string of the molecule is CCCCCN(CCCCC)CCCOc1ccc(S(=O)(=O)c2c(CC)cn3ccccc23)cc1.CO.Cl. The summed E-state index contributed by atoms with van der Waals surface area (Å²) in [5.74, 6) is 0.713. The smallest absolute Gasteiger partial charge is 0.208 e. The number of ether oxygens (including phenoxy) is 1. The summed E-state index contributed by atoms with van der Waals surface area (Å²) in [7, 11) is -2.62. The number of hydrogen-bond acceptors (Lipinski definition) is 5. The maximum atomic E-state index is 13.5. The molecular formula is C30H47ClN2O4S. The van der Waals surface area contributed by atoms with Gasteiger partial charge < -0.3 is 19.1 Å². The molecule has 1 N–H and O–H groups in total. The summed E-state index contributed by atoms with van der Waals surface area (Å²) < 4.78 is 34.8. The van der Waals surface area contributed by atoms with Crippen LogP contribution in [0.2, 0.25) is 0 Å². The highest BCUT2D eigenvalue weighted by atomic mass is 35.5. The number of unbranched alkanes of at least 4 members (excludes halogenated alkanes) is 4. The minimum absolute atomic E-state index is 0. The predicted molar refractivity (Wildman–Crippen MR) is 160 cm³/mol. The fourth-order valence-corrected chi connectivity index (χ4v) is 6.25. The Hall–Kier alpha value is -2.06. The number of halogens is 1. The molecule has 3 rings (SSSR count). The molecule has 0 saturated heterocycles. The Labute approximate surface area is 236 Å². The lowest BCUT2D eigenvalue weighted by Gasteiger charge is -2.22. The number of aromatic nitrogens is 1. The topological polar surface area (TPSA) is 71.2 Å². The normalized spacial score (nSPS) is 11.2. The van der Waals surface area contributed by atoms with E-state index in [4.69, 9.17) is 9.84 Å². The van der Waals surface area contributed by atoms with Gasteiger partial charge in [0.05, 0.1) is 17.0 Å². The van der Waals surface area contributed by atoms with Crippen molar-refractivity contribution >= 4 is 27.8 Å². The van der Waals surface area contributed by atoms with E-state index in [-0.39, 0.29) is 12.4 Å². The van der Waals surface area contributed by atoms with Gasteiger partial charge in [0.2, 0.25) is 9.84 Å². The molecule has 0 aliphatic carbocycles. The molecule has 3 aromatic rings. The van der Waals surface area contributed by atoms with E-state index in [9.17, 15) is 8.42 Å². The van der Waals surface area contributed by atoms with Crippen molar-refractivity contribution in [1.82, 2.24) is 9.30 Å². The molecule has 214 valence electrons. The standard InChI is InChI=1S/C29H42N2O3S.CH4O.ClH/c1-4-7-10-19-30(20-11-8-5-2)21-13-23-34-26-15-17-27(18-16-26)35(32,33)29-25(6-3)24-31-22-12-9-14-28(29)31;1-2;/h9,12,14-18,22,24H,4-8,10-11,13,19-21,23H2,1-3H3;2H,1H3;1H. The summed E-state index contributed by atoms with van der Waals surface area (Å²) in [4.78, 5) is 3.27. The number of rotatable bonds is 16. The largest absolute Gasteiger partial charge is 0.494 e. The second-order valence-electron chi connectivity index (χ2n) is 9.26. The number of aliphatic hydroxyl groups excluding tert-OH is 1. The first-order valence-electron chi connectivity index (χ1n) is 13.7. The van der Waals surface area contributed by atoms with Gasteiger partial charge in [0.15, 0.2) is 0 Å². The molecule has 0 unspecified atom stereocenters. The fraction of sp³-hybridized carbons (Fsp3) is 0.533. The van der Waals surface area contributed by atoms with Crippen LogP contribution in [-0.2, 0) is 16.3 Å². The van der Waals surface area contributed by atoms with Crippen LogP contribution in [-0.4, -0.2) is 56.2 Å². The second kappa shape index (κ2) is 18.3. The van der Waals surface area contributed by atoms with Gasteiger partial charge in [-0.05, 0) is 80.7 Å². The third-order valence-electron chi connectivity index (χ3n) is 6.54. The van der Waals surface area contributed by atoms with Gasteiger partial charge in [0, 0.05) is 26.0 Å². The first-order chi connectivity index (χ1) is 18.0. The Morgan fingerprint density at radius 3 is 2.03 bits per heavy atom. The van der Waals surface area contributed by atoms with E-state index in [1.807, 2.05) is 41.9 Å². The van der Waals surface area contributed by atoms with E-state index in [1.165, 1.54) is 51.6 Å². The van der Waals surface area contributed by atoms with E-state index in [0.717, 1.165) is 25.6 Å². The molecule has 0 bridgehead atoms. The number of aliphatic hydroxyl groups is 1. The number of benzene rings is 1. The number of aryl methyl sites for hydroxylation is 1. The van der Waals surface area contributed by atoms with Crippen LogP contribution in [0.15, 0.2) is 64.6 Å². The zero-order valence-electron chi connectivity index (χ0n) is 23.6. The summed E-state index contributed by atoms with van der Waals surface area (Å²) in [6.07, 6.45) is 13.0. The number of fused-ring (bicyclic) bond motifs is 1. The van der Waals surface area contributed by atoms with Crippen LogP contribution in [0.3, 0.4) is 0 Å². The summed E-state index contributed by atoms with van der Waals surface area (Å²) in [6, 6.07) is 12.5. The van der Waals surface area contributed by atoms with E-state index in [1.54, 1.807) is 24.3 Å². The van der Waals surface area contributed by atoms with Crippen LogP contribution in [0.5, 0.6) is 5.75 Å². The Bertz CT molecular complexity index is 1140. The molecule has 2 heterocycles. The molecule has 1 aromatic carbocycles. The zero-order valence-corrected chi connectivity index (χ0v) is 25.2. The highest BCUT2D eigenvalue weighted by Gasteiger charge is 2.25. The molecule has 0 saturated carbocycles. The Kier molecular flexibility index (Phi) is 16.3. The third kappa shape index (κ3) is 9.60. The van der Waals surface area contributed by atoms with Gasteiger partial charge >= 0.3 is 0 Å². The van der Waals surface area contributed by atoms with Crippen LogP contribution < -0.4 is 4.74 Å². The molecule has 0 atom stereocenters. The third-order valence-corrected chi connectivity index (χ3v) is 8.44. The molecule has 0 fully saturated rings. The van der Waals surface area contributed by atoms with E-state index < -0.39 is 9.84 Å². The molecule has 0 radical (unpaired) electrons. The van der Waals surface area contributed by atoms with Crippen LogP contribution in [0.25, 0.3) is 5.52 Å². The van der Waals surface area contributed by atoms with Gasteiger partial charge in [-0.3, -0.25) is 0 Å². The average molecular weight is 567 g/mol. The number of sulfone groups is 1. The predicted octanol–water partition coefficient (Wildman–Crippen LogP) is 6.82. The highest BCUT2D eigenvalue weighted by Crippen LogP contribution is 2.31. The minimum Gasteiger partial charge on any atom is -0.494 e. The van der Waals surface area contributed by atoms with Gasteiger partial charge in [-0.1, -0.05) is 52.5 Å². The lowest BCUT2D eigenvalue weighted by Crippen LogP contribution is -2.28. The quantitative estimate of drug-likeness (QED) is 0.193. The maximum absolute atomic E-state index is 13.5. The minimum atomic E-state index is -3.62. The lowest BCUT2D eigenvalue weighted by atomic mass is 10.2. The first kappa shape index (κ1) is 34.0. The van der Waals surface area contributed by atoms with Crippen molar-refractivity contribution in [1.29, 1.82) is 0 Å². The monoisotopic (exact) mass is 566 g/mol. The van der Waals surface area contributed by atoms with Gasteiger partial charge in [-0.15, -0.1) is 12.4 Å². The number of hydrogen-bond donors (Lipinski definition) is 1. The van der Waals surface area contributed by atoms with Crippen molar-refractivity contribution in [2.75, 3.05) is 33.4 Å². The molecular weight excluding hydrogens is 520 g/mol. The molecule has 38 heavy (non-hydrogen) atoms. The Morgan fingerprint density at radius 1 is 0.842 bits per heavy atom. The fourth-order valence-electron chi connectivity index (χ4n) is 4.53. The Balaban J connectivity index is 0.00000235. The molecule has 8 heteroatoms. The summed E-state index contributed by atoms with van der Waals surface area (Å²) in [5.41, 5.74) is 1.55. The number of nitrogens with zero attached hydrogens (tertiary/aromatic N) is 2. The van der Waals surface area contributed by atoms with Crippen molar-refractivity contribution in [3.05, 3.63) is 60.4 Å². The molecule has 2 aromatic heterocycles. The van der Waals surface area contributed by atoms with Crippen molar-refractivity contribution < 1.29 is 18.3 Å². The first-order valence-corrected chi connectivity index (χ1v) is 15.2. The average Bonchev–Trinajstić information content (AvgIpc) is 3.32. The summed E-state index contributed by atoms with van der Waals surface area (Å²) >= 11 is 0. The van der Waals surface area contributed by atoms with E-state index in [0.29, 0.717) is 34.1 Å². The summed E-state index contributed by atoms with van der Waals surface area (Å²) in [6.45, 7) is 10.5. The number of pyridine rings is 1. The van der Waals surface area contributed by atoms with Crippen LogP contribution in [0.4, 0.5) is 0 Å². The molecule has 0 spiro atoms. The second-order valence-corrected chi connectivity index (χ2v) is 11.1. The van der Waals surface area contributed by atoms with Gasteiger partial charge in [0.1, 0.15) is 10.6 Å². The van der Waals surface area contributed by atoms with E-state index >= 15 is 0 Å². The molecule has 6 nitrogen and oxygen atoms in total. The highest BCUT2D eigenvalue weighted by molar-refractivity contribution is 7.91. The van der Waals surface area contributed by atoms with Crippen LogP contribution in [0.1, 0.15) is 71.3 Å².